The molecule has 1 radical (unpaired) electrons. The third-order valence-electron chi connectivity index (χ3n) is 10.4. The molecule has 0 amide bonds. The van der Waals surface area contributed by atoms with Gasteiger partial charge in [-0.15, -0.1) is 17.5 Å². The normalized spacial score (nSPS) is 13.3. The van der Waals surface area contributed by atoms with Gasteiger partial charge in [-0.3, -0.25) is 9.78 Å². The monoisotopic (exact) mass is 841 g/mol. The predicted molar refractivity (Wildman–Crippen MR) is 203 cm³/mol. The molecule has 267 valence electrons. The molecule has 5 heteroatoms. The number of hydrogen-bond donors (Lipinski definition) is 1. The molecule has 1 N–H and O–H groups in total. The van der Waals surface area contributed by atoms with Gasteiger partial charge in [0.25, 0.3) is 0 Å². The SMILES string of the molecule is CC(C)(C)Cc1cc2c3c(nccc3c1)-c1[c-]c3ccccc3c(CC(C)(C)C)c1O2.CCC(C)(CC)C(=O)/C=C(\O)C(C)(CC)CC.[Ir]. The minimum atomic E-state index is -0.337. The number of pyridine rings is 1. The molecule has 0 atom stereocenters. The van der Waals surface area contributed by atoms with Crippen LogP contribution in [0.25, 0.3) is 32.8 Å². The molecule has 0 spiro atoms. The van der Waals surface area contributed by atoms with Crippen molar-refractivity contribution in [1.29, 1.82) is 0 Å². The largest absolute Gasteiger partial charge is 0.512 e. The summed E-state index contributed by atoms with van der Waals surface area (Å²) in [5, 5.41) is 14.8. The molecule has 1 aliphatic rings. The summed E-state index contributed by atoms with van der Waals surface area (Å²) >= 11 is 0. The fourth-order valence-electron chi connectivity index (χ4n) is 6.42. The molecule has 3 aromatic carbocycles. The summed E-state index contributed by atoms with van der Waals surface area (Å²) in [5.74, 6) is 2.13. The maximum atomic E-state index is 12.2. The first-order valence-electron chi connectivity index (χ1n) is 17.9. The number of aliphatic hydroxyl groups excluding tert-OH is 1. The number of aliphatic hydroxyl groups is 1. The smallest absolute Gasteiger partial charge is 0.164 e. The van der Waals surface area contributed by atoms with Gasteiger partial charge < -0.3 is 9.84 Å². The predicted octanol–water partition coefficient (Wildman–Crippen LogP) is 12.8. The van der Waals surface area contributed by atoms with Crippen LogP contribution in [-0.2, 0) is 37.7 Å². The molecule has 0 bridgehead atoms. The summed E-state index contributed by atoms with van der Waals surface area (Å²) in [7, 11) is 0. The van der Waals surface area contributed by atoms with Crippen LogP contribution in [0.3, 0.4) is 0 Å². The van der Waals surface area contributed by atoms with Gasteiger partial charge in [-0.2, -0.15) is 0 Å². The van der Waals surface area contributed by atoms with Crippen LogP contribution in [0, 0.1) is 27.7 Å². The number of rotatable bonds is 9. The van der Waals surface area contributed by atoms with Crippen molar-refractivity contribution in [2.45, 2.75) is 122 Å². The third kappa shape index (κ3) is 9.02. The number of ether oxygens (including phenoxy) is 1. The summed E-state index contributed by atoms with van der Waals surface area (Å²) in [6.45, 7) is 25.8. The Labute approximate surface area is 309 Å². The molecule has 0 saturated carbocycles. The maximum Gasteiger partial charge on any atom is 0.164 e. The van der Waals surface area contributed by atoms with E-state index in [-0.39, 0.29) is 53.3 Å². The van der Waals surface area contributed by atoms with Crippen molar-refractivity contribution in [2.24, 2.45) is 21.7 Å². The molecular weight excluding hydrogens is 783 g/mol. The van der Waals surface area contributed by atoms with E-state index in [1.54, 1.807) is 0 Å². The van der Waals surface area contributed by atoms with E-state index in [0.29, 0.717) is 0 Å². The van der Waals surface area contributed by atoms with Crippen LogP contribution in [0.1, 0.15) is 120 Å². The average molecular weight is 841 g/mol. The molecule has 2 heterocycles. The van der Waals surface area contributed by atoms with E-state index in [0.717, 1.165) is 72.1 Å². The first-order chi connectivity index (χ1) is 22.4. The Bertz CT molecular complexity index is 1810. The zero-order chi connectivity index (χ0) is 35.7. The number of fused-ring (bicyclic) bond motifs is 3. The van der Waals surface area contributed by atoms with E-state index < -0.39 is 0 Å². The Morgan fingerprint density at radius 3 is 2.00 bits per heavy atom. The second kappa shape index (κ2) is 15.5. The molecule has 1 aliphatic heterocycles. The molecular formula is C44H58IrNO3-. The Morgan fingerprint density at radius 2 is 1.43 bits per heavy atom. The average Bonchev–Trinajstić information content (AvgIpc) is 3.03. The number of allylic oxidation sites excluding steroid dienone is 2. The number of aromatic nitrogens is 1. The molecule has 0 fully saturated rings. The molecule has 0 saturated heterocycles. The van der Waals surface area contributed by atoms with Crippen molar-refractivity contribution in [3.05, 3.63) is 77.7 Å². The van der Waals surface area contributed by atoms with Gasteiger partial charge in [0.1, 0.15) is 11.5 Å². The summed E-state index contributed by atoms with van der Waals surface area (Å²) in [4.78, 5) is 17.0. The first-order valence-corrected chi connectivity index (χ1v) is 17.9. The molecule has 5 rings (SSSR count). The number of carbonyl (C=O) groups is 1. The standard InChI is InChI=1S/C29H30NO.C15H28O2.Ir/c1-28(2,3)16-18-13-20-11-12-30-26-22-15-19-9-7-8-10-21(19)23(17-29(4,5)6)27(22)31-24(14-18)25(20)26;1-7-14(5,8-2)12(16)11-13(17)15(6,9-3)10-4;/h7-14H,16-17H2,1-6H3;11,16H,7-10H2,1-6H3;/q-1;;/b;12-11-;. The first kappa shape index (κ1) is 40.4. The van der Waals surface area contributed by atoms with Crippen LogP contribution < -0.4 is 4.74 Å². The van der Waals surface area contributed by atoms with Crippen molar-refractivity contribution in [3.63, 3.8) is 0 Å². The maximum absolute atomic E-state index is 12.2. The number of carbonyl (C=O) groups excluding carboxylic acids is 1. The van der Waals surface area contributed by atoms with Crippen LogP contribution >= 0.6 is 0 Å². The van der Waals surface area contributed by atoms with Gasteiger partial charge in [-0.05, 0) is 72.4 Å². The van der Waals surface area contributed by atoms with Gasteiger partial charge in [0.15, 0.2) is 5.78 Å². The molecule has 0 aliphatic carbocycles. The fraction of sp³-hybridized carbons (Fsp3) is 0.500. The van der Waals surface area contributed by atoms with Crippen molar-refractivity contribution in [1.82, 2.24) is 4.98 Å². The van der Waals surface area contributed by atoms with Crippen molar-refractivity contribution in [2.75, 3.05) is 0 Å². The van der Waals surface area contributed by atoms with Crippen LogP contribution in [0.15, 0.2) is 60.5 Å². The van der Waals surface area contributed by atoms with Crippen LogP contribution in [0.5, 0.6) is 11.5 Å². The van der Waals surface area contributed by atoms with Crippen molar-refractivity contribution >= 4 is 27.3 Å². The molecule has 49 heavy (non-hydrogen) atoms. The Kier molecular flexibility index (Phi) is 12.8. The quantitative estimate of drug-likeness (QED) is 0.0912. The Hall–Kier alpha value is -3.01. The third-order valence-corrected chi connectivity index (χ3v) is 10.4. The Morgan fingerprint density at radius 1 is 0.837 bits per heavy atom. The van der Waals surface area contributed by atoms with Gasteiger partial charge in [0.2, 0.25) is 0 Å². The van der Waals surface area contributed by atoms with E-state index in [1.165, 1.54) is 28.0 Å². The molecule has 0 unspecified atom stereocenters. The topological polar surface area (TPSA) is 59.4 Å². The van der Waals surface area contributed by atoms with Crippen LogP contribution in [0.2, 0.25) is 0 Å². The van der Waals surface area contributed by atoms with Crippen molar-refractivity contribution in [3.8, 4) is 22.8 Å². The van der Waals surface area contributed by atoms with E-state index >= 15 is 0 Å². The number of nitrogens with zero attached hydrogens (tertiary/aromatic N) is 1. The minimum Gasteiger partial charge on any atom is -0.512 e. The van der Waals surface area contributed by atoms with Gasteiger partial charge >= 0.3 is 0 Å². The van der Waals surface area contributed by atoms with E-state index in [2.05, 4.69) is 90.1 Å². The minimum absolute atomic E-state index is 0. The molecule has 4 nitrogen and oxygen atoms in total. The zero-order valence-electron chi connectivity index (χ0n) is 32.0. The van der Waals surface area contributed by atoms with E-state index in [4.69, 9.17) is 9.72 Å². The van der Waals surface area contributed by atoms with Crippen LogP contribution in [-0.4, -0.2) is 15.9 Å². The summed E-state index contributed by atoms with van der Waals surface area (Å²) < 4.78 is 6.72. The van der Waals surface area contributed by atoms with Crippen molar-refractivity contribution < 1.29 is 34.7 Å². The van der Waals surface area contributed by atoms with E-state index in [9.17, 15) is 9.90 Å². The fourth-order valence-corrected chi connectivity index (χ4v) is 6.42. The zero-order valence-corrected chi connectivity index (χ0v) is 34.4. The van der Waals surface area contributed by atoms with Gasteiger partial charge in [-0.1, -0.05) is 124 Å². The number of hydrogen-bond acceptors (Lipinski definition) is 4. The van der Waals surface area contributed by atoms with Gasteiger partial charge in [-0.25, -0.2) is 0 Å². The van der Waals surface area contributed by atoms with Gasteiger partial charge in [0.05, 0.1) is 5.75 Å². The summed E-state index contributed by atoms with van der Waals surface area (Å²) in [6, 6.07) is 18.8. The summed E-state index contributed by atoms with van der Waals surface area (Å²) in [5.41, 5.74) is 4.27. The summed E-state index contributed by atoms with van der Waals surface area (Å²) in [6.07, 6.45) is 8.61. The number of benzene rings is 3. The van der Waals surface area contributed by atoms with Gasteiger partial charge in [0, 0.05) is 54.3 Å². The molecule has 4 aromatic rings. The molecule has 1 aromatic heterocycles. The number of ketones is 1. The van der Waals surface area contributed by atoms with E-state index in [1.807, 2.05) is 47.7 Å². The van der Waals surface area contributed by atoms with Crippen LogP contribution in [0.4, 0.5) is 0 Å². The Balaban J connectivity index is 0.000000312. The second-order valence-corrected chi connectivity index (χ2v) is 16.7. The second-order valence-electron chi connectivity index (χ2n) is 16.7.